The Morgan fingerprint density at radius 2 is 1.61 bits per heavy atom. The fraction of sp³-hybridized carbons (Fsp3) is 0.414. The molecule has 1 saturated heterocycles. The van der Waals surface area contributed by atoms with Crippen molar-refractivity contribution in [1.29, 1.82) is 0 Å². The van der Waals surface area contributed by atoms with Gasteiger partial charge >= 0.3 is 18.2 Å². The van der Waals surface area contributed by atoms with Gasteiger partial charge in [0.2, 0.25) is 0 Å². The summed E-state index contributed by atoms with van der Waals surface area (Å²) in [5.41, 5.74) is 0.645. The predicted molar refractivity (Wildman–Crippen MR) is 144 cm³/mol. The number of alkyl halides is 3. The van der Waals surface area contributed by atoms with Crippen LogP contribution < -0.4 is 10.1 Å². The van der Waals surface area contributed by atoms with Crippen LogP contribution >= 0.6 is 0 Å². The number of likely N-dealkylation sites (N-methyl/N-ethyl adjacent to an activating group) is 1. The second kappa shape index (κ2) is 12.6. The Morgan fingerprint density at radius 3 is 2.15 bits per heavy atom. The smallest absolute Gasteiger partial charge is 0.416 e. The van der Waals surface area contributed by atoms with Gasteiger partial charge in [-0.1, -0.05) is 12.1 Å². The molecule has 0 spiro atoms. The van der Waals surface area contributed by atoms with E-state index in [9.17, 15) is 27.6 Å². The van der Waals surface area contributed by atoms with Crippen molar-refractivity contribution >= 4 is 17.9 Å². The lowest BCUT2D eigenvalue weighted by atomic mass is 9.93. The van der Waals surface area contributed by atoms with Crippen molar-refractivity contribution in [3.05, 3.63) is 76.5 Å². The van der Waals surface area contributed by atoms with Crippen molar-refractivity contribution in [3.63, 3.8) is 0 Å². The number of piperazine rings is 1. The molecule has 9 nitrogen and oxygen atoms in total. The van der Waals surface area contributed by atoms with E-state index in [0.717, 1.165) is 12.1 Å². The van der Waals surface area contributed by atoms with Gasteiger partial charge in [-0.05, 0) is 55.8 Å². The summed E-state index contributed by atoms with van der Waals surface area (Å²) in [4.78, 5) is 44.6. The number of urea groups is 1. The average molecular weight is 575 g/mol. The Balaban J connectivity index is 1.58. The fourth-order valence-electron chi connectivity index (χ4n) is 5.01. The third-order valence-corrected chi connectivity index (χ3v) is 7.19. The van der Waals surface area contributed by atoms with Gasteiger partial charge < -0.3 is 19.7 Å². The summed E-state index contributed by atoms with van der Waals surface area (Å²) in [5.74, 6) is -0.101. The van der Waals surface area contributed by atoms with Gasteiger partial charge in [-0.25, -0.2) is 9.59 Å². The second-order valence-corrected chi connectivity index (χ2v) is 9.62. The van der Waals surface area contributed by atoms with Gasteiger partial charge in [0.25, 0.3) is 5.91 Å². The highest BCUT2D eigenvalue weighted by molar-refractivity contribution is 5.95. The third-order valence-electron chi connectivity index (χ3n) is 7.19. The van der Waals surface area contributed by atoms with Crippen LogP contribution in [0, 0.1) is 0 Å². The number of halogens is 3. The van der Waals surface area contributed by atoms with Gasteiger partial charge in [-0.3, -0.25) is 14.6 Å². The number of carbonyl (C=O) groups is 3. The van der Waals surface area contributed by atoms with Crippen LogP contribution in [0.2, 0.25) is 0 Å². The molecule has 2 aliphatic heterocycles. The lowest BCUT2D eigenvalue weighted by Crippen LogP contribution is -2.53. The molecule has 1 fully saturated rings. The molecule has 220 valence electrons. The first-order valence-corrected chi connectivity index (χ1v) is 13.4. The molecule has 1 atom stereocenters. The first-order valence-electron chi connectivity index (χ1n) is 13.4. The molecule has 2 aromatic rings. The van der Waals surface area contributed by atoms with Crippen LogP contribution in [0.25, 0.3) is 0 Å². The first kappa shape index (κ1) is 29.9. The normalized spacial score (nSPS) is 18.3. The molecule has 2 aromatic carbocycles. The maximum absolute atomic E-state index is 13.3. The van der Waals surface area contributed by atoms with Gasteiger partial charge in [0.1, 0.15) is 5.75 Å². The minimum atomic E-state index is -4.52. The SMILES string of the molecule is CCOC(=O)C1=C(CN2CCN(C(=O)c3ccc(OC)cc3)CC2)N(CC)C(=O)N[C@@H]1c1ccc(C(F)(F)F)cc1. The van der Waals surface area contributed by atoms with Crippen LogP contribution in [0.3, 0.4) is 0 Å². The summed E-state index contributed by atoms with van der Waals surface area (Å²) in [6, 6.07) is 9.81. The quantitative estimate of drug-likeness (QED) is 0.478. The van der Waals surface area contributed by atoms with Crippen molar-refractivity contribution in [1.82, 2.24) is 20.0 Å². The van der Waals surface area contributed by atoms with Gasteiger partial charge in [0.05, 0.1) is 30.9 Å². The van der Waals surface area contributed by atoms with Crippen molar-refractivity contribution in [3.8, 4) is 5.75 Å². The summed E-state index contributed by atoms with van der Waals surface area (Å²) in [6.45, 7) is 5.85. The van der Waals surface area contributed by atoms with E-state index >= 15 is 0 Å². The lowest BCUT2D eigenvalue weighted by molar-refractivity contribution is -0.139. The highest BCUT2D eigenvalue weighted by Gasteiger charge is 2.39. The number of amides is 3. The van der Waals surface area contributed by atoms with E-state index < -0.39 is 29.8 Å². The van der Waals surface area contributed by atoms with E-state index in [2.05, 4.69) is 5.32 Å². The number of methoxy groups -OCH3 is 1. The molecule has 0 bridgehead atoms. The maximum atomic E-state index is 13.3. The molecule has 0 saturated carbocycles. The van der Waals surface area contributed by atoms with E-state index in [1.807, 2.05) is 4.90 Å². The molecule has 0 aliphatic carbocycles. The Bertz CT molecular complexity index is 1290. The highest BCUT2D eigenvalue weighted by atomic mass is 19.4. The van der Waals surface area contributed by atoms with E-state index in [0.29, 0.717) is 48.8 Å². The van der Waals surface area contributed by atoms with Crippen LogP contribution in [-0.2, 0) is 15.7 Å². The van der Waals surface area contributed by atoms with Crippen molar-refractivity contribution in [2.45, 2.75) is 26.1 Å². The van der Waals surface area contributed by atoms with Crippen LogP contribution in [0.5, 0.6) is 5.75 Å². The minimum absolute atomic E-state index is 0.0849. The third kappa shape index (κ3) is 6.64. The van der Waals surface area contributed by atoms with Crippen LogP contribution in [0.4, 0.5) is 18.0 Å². The summed E-state index contributed by atoms with van der Waals surface area (Å²) < 4.78 is 50.0. The molecule has 2 aliphatic rings. The van der Waals surface area contributed by atoms with E-state index in [4.69, 9.17) is 9.47 Å². The fourth-order valence-corrected chi connectivity index (χ4v) is 5.01. The topological polar surface area (TPSA) is 91.4 Å². The number of hydrogen-bond acceptors (Lipinski definition) is 6. The molecule has 12 heteroatoms. The van der Waals surface area contributed by atoms with E-state index in [1.165, 1.54) is 17.0 Å². The average Bonchev–Trinajstić information content (AvgIpc) is 2.97. The molecule has 0 radical (unpaired) electrons. The zero-order valence-corrected chi connectivity index (χ0v) is 23.2. The highest BCUT2D eigenvalue weighted by Crippen LogP contribution is 2.35. The Kier molecular flexibility index (Phi) is 9.21. The molecule has 3 amide bonds. The van der Waals surface area contributed by atoms with Crippen LogP contribution in [0.1, 0.15) is 41.4 Å². The lowest BCUT2D eigenvalue weighted by Gasteiger charge is -2.40. The molecule has 2 heterocycles. The van der Waals surface area contributed by atoms with E-state index in [1.54, 1.807) is 50.1 Å². The van der Waals surface area contributed by atoms with Crippen LogP contribution in [-0.4, -0.2) is 85.6 Å². The summed E-state index contributed by atoms with van der Waals surface area (Å²) in [6.07, 6.45) is -4.52. The number of nitrogens with one attached hydrogen (secondary N) is 1. The maximum Gasteiger partial charge on any atom is 0.416 e. The van der Waals surface area contributed by atoms with Crippen molar-refractivity contribution in [2.24, 2.45) is 0 Å². The zero-order valence-electron chi connectivity index (χ0n) is 23.2. The summed E-state index contributed by atoms with van der Waals surface area (Å²) in [5, 5.41) is 2.76. The Morgan fingerprint density at radius 1 is 0.976 bits per heavy atom. The van der Waals surface area contributed by atoms with Crippen molar-refractivity contribution < 1.29 is 37.0 Å². The van der Waals surface area contributed by atoms with Gasteiger partial charge in [0.15, 0.2) is 0 Å². The molecule has 0 unspecified atom stereocenters. The van der Waals surface area contributed by atoms with Crippen molar-refractivity contribution in [2.75, 3.05) is 53.0 Å². The molecule has 4 rings (SSSR count). The number of ether oxygens (including phenoxy) is 2. The van der Waals surface area contributed by atoms with Crippen LogP contribution in [0.15, 0.2) is 59.8 Å². The summed E-state index contributed by atoms with van der Waals surface area (Å²) >= 11 is 0. The molecule has 0 aromatic heterocycles. The number of benzene rings is 2. The van der Waals surface area contributed by atoms with Gasteiger partial charge in [-0.15, -0.1) is 0 Å². The second-order valence-electron chi connectivity index (χ2n) is 9.62. The molecular formula is C29H33F3N4O5. The summed E-state index contributed by atoms with van der Waals surface area (Å²) in [7, 11) is 1.56. The van der Waals surface area contributed by atoms with E-state index in [-0.39, 0.29) is 31.2 Å². The molecular weight excluding hydrogens is 541 g/mol. The van der Waals surface area contributed by atoms with Gasteiger partial charge in [0, 0.05) is 50.5 Å². The zero-order chi connectivity index (χ0) is 29.7. The Labute approximate surface area is 236 Å². The Hall–Kier alpha value is -4.06. The standard InChI is InChI=1S/C29H33F3N4O5/c1-4-36-23(18-34-14-16-35(17-15-34)26(37)20-8-12-22(40-3)13-9-20)24(27(38)41-5-2)25(33-28(36)39)19-6-10-21(11-7-19)29(30,31)32/h6-13,25H,4-5,14-18H2,1-3H3,(H,33,39)/t25-/m1/s1. The largest absolute Gasteiger partial charge is 0.497 e. The number of hydrogen-bond donors (Lipinski definition) is 1. The molecule has 1 N–H and O–H groups in total. The minimum Gasteiger partial charge on any atom is -0.497 e. The monoisotopic (exact) mass is 574 g/mol. The predicted octanol–water partition coefficient (Wildman–Crippen LogP) is 4.08. The number of nitrogens with zero attached hydrogens (tertiary/aromatic N) is 3. The number of esters is 1. The first-order chi connectivity index (χ1) is 19.6. The number of rotatable bonds is 8. The number of carbonyl (C=O) groups excluding carboxylic acids is 3. The molecule has 41 heavy (non-hydrogen) atoms. The van der Waals surface area contributed by atoms with Gasteiger partial charge in [-0.2, -0.15) is 13.2 Å².